The van der Waals surface area contributed by atoms with Gasteiger partial charge < -0.3 is 5.11 Å². The highest BCUT2D eigenvalue weighted by molar-refractivity contribution is 5.75. The molecule has 108 valence electrons. The maximum Gasteiger partial charge on any atom is 0.310 e. The van der Waals surface area contributed by atoms with Gasteiger partial charge in [0.05, 0.1) is 5.92 Å². The topological polar surface area (TPSA) is 37.3 Å². The Balaban J connectivity index is 1.74. The third-order valence-electron chi connectivity index (χ3n) is 5.38. The summed E-state index contributed by atoms with van der Waals surface area (Å²) in [7, 11) is 0. The summed E-state index contributed by atoms with van der Waals surface area (Å²) >= 11 is 0. The predicted molar refractivity (Wildman–Crippen MR) is 80.0 cm³/mol. The van der Waals surface area contributed by atoms with Crippen LogP contribution < -0.4 is 0 Å². The first-order valence-electron chi connectivity index (χ1n) is 7.99. The molecule has 0 aromatic heterocycles. The van der Waals surface area contributed by atoms with Crippen molar-refractivity contribution in [2.24, 2.45) is 11.8 Å². The summed E-state index contributed by atoms with van der Waals surface area (Å²) in [5.41, 5.74) is 3.83. The molecular formula is C18H24O2. The van der Waals surface area contributed by atoms with E-state index in [0.29, 0.717) is 0 Å². The van der Waals surface area contributed by atoms with Crippen LogP contribution in [0.3, 0.4) is 0 Å². The van der Waals surface area contributed by atoms with Crippen LogP contribution in [0.5, 0.6) is 0 Å². The van der Waals surface area contributed by atoms with E-state index in [1.807, 2.05) is 6.07 Å². The van der Waals surface area contributed by atoms with E-state index < -0.39 is 11.9 Å². The van der Waals surface area contributed by atoms with Crippen molar-refractivity contribution in [3.63, 3.8) is 0 Å². The normalized spacial score (nSPS) is 24.4. The summed E-state index contributed by atoms with van der Waals surface area (Å²) in [6, 6.07) is 6.34. The van der Waals surface area contributed by atoms with E-state index in [0.717, 1.165) is 17.4 Å². The number of carboxylic acids is 1. The minimum absolute atomic E-state index is 0.394. The Labute approximate surface area is 121 Å². The van der Waals surface area contributed by atoms with Crippen LogP contribution in [0, 0.1) is 11.8 Å². The molecule has 0 spiro atoms. The second kappa shape index (κ2) is 5.59. The molecule has 20 heavy (non-hydrogen) atoms. The molecule has 2 aliphatic rings. The van der Waals surface area contributed by atoms with E-state index in [2.05, 4.69) is 12.1 Å². The number of carbonyl (C=O) groups is 1. The monoisotopic (exact) mass is 272 g/mol. The van der Waals surface area contributed by atoms with Crippen LogP contribution in [-0.4, -0.2) is 11.1 Å². The minimum Gasteiger partial charge on any atom is -0.481 e. The zero-order valence-electron chi connectivity index (χ0n) is 12.3. The first-order valence-corrected chi connectivity index (χ1v) is 7.99. The van der Waals surface area contributed by atoms with Gasteiger partial charge in [0.25, 0.3) is 0 Å². The standard InChI is InChI=1S/C18H24O2/c1-12(18(19)20)14-7-8-15-10-16(11-17(15)9-14)13-5-3-2-4-6-13/h7-9,12-13,16H,2-6,10-11H2,1H3,(H,19,20)/t12-,16-/m1/s1. The Morgan fingerprint density at radius 1 is 1.10 bits per heavy atom. The Bertz CT molecular complexity index is 500. The summed E-state index contributed by atoms with van der Waals surface area (Å²) in [6.07, 6.45) is 9.39. The number of hydrogen-bond acceptors (Lipinski definition) is 1. The van der Waals surface area contributed by atoms with Crippen molar-refractivity contribution in [1.29, 1.82) is 0 Å². The molecule has 3 rings (SSSR count). The van der Waals surface area contributed by atoms with Crippen LogP contribution in [0.1, 0.15) is 61.6 Å². The van der Waals surface area contributed by atoms with E-state index in [4.69, 9.17) is 5.11 Å². The highest BCUT2D eigenvalue weighted by Gasteiger charge is 2.30. The summed E-state index contributed by atoms with van der Waals surface area (Å²) in [5, 5.41) is 9.14. The van der Waals surface area contributed by atoms with Crippen molar-refractivity contribution in [2.45, 2.75) is 57.8 Å². The molecule has 0 amide bonds. The summed E-state index contributed by atoms with van der Waals surface area (Å²) in [5.74, 6) is 0.581. The lowest BCUT2D eigenvalue weighted by molar-refractivity contribution is -0.138. The summed E-state index contributed by atoms with van der Waals surface area (Å²) in [6.45, 7) is 1.78. The van der Waals surface area contributed by atoms with E-state index in [1.54, 1.807) is 6.92 Å². The maximum atomic E-state index is 11.1. The van der Waals surface area contributed by atoms with Crippen molar-refractivity contribution in [3.8, 4) is 0 Å². The van der Waals surface area contributed by atoms with E-state index in [9.17, 15) is 4.79 Å². The molecule has 1 aromatic rings. The number of carboxylic acid groups (broad SMARTS) is 1. The summed E-state index contributed by atoms with van der Waals surface area (Å²) < 4.78 is 0. The largest absolute Gasteiger partial charge is 0.481 e. The fourth-order valence-corrected chi connectivity index (χ4v) is 4.02. The lowest BCUT2D eigenvalue weighted by atomic mass is 9.79. The van der Waals surface area contributed by atoms with Gasteiger partial charge in [-0.25, -0.2) is 0 Å². The van der Waals surface area contributed by atoms with Crippen molar-refractivity contribution in [1.82, 2.24) is 0 Å². The molecule has 1 N–H and O–H groups in total. The highest BCUT2D eigenvalue weighted by atomic mass is 16.4. The van der Waals surface area contributed by atoms with Crippen LogP contribution in [0.2, 0.25) is 0 Å². The molecule has 0 saturated heterocycles. The lowest BCUT2D eigenvalue weighted by Gasteiger charge is -2.27. The SMILES string of the molecule is C[C@@H](C(=O)O)c1ccc2c(c1)C[C@H](C1CCCCC1)C2. The number of benzene rings is 1. The van der Waals surface area contributed by atoms with Crippen LogP contribution in [0.25, 0.3) is 0 Å². The Kier molecular flexibility index (Phi) is 3.82. The quantitative estimate of drug-likeness (QED) is 0.896. The van der Waals surface area contributed by atoms with Gasteiger partial charge in [-0.1, -0.05) is 50.3 Å². The third-order valence-corrected chi connectivity index (χ3v) is 5.38. The fraction of sp³-hybridized carbons (Fsp3) is 0.611. The van der Waals surface area contributed by atoms with Crippen LogP contribution >= 0.6 is 0 Å². The molecule has 2 heteroatoms. The van der Waals surface area contributed by atoms with Gasteiger partial charge in [0.15, 0.2) is 0 Å². The Hall–Kier alpha value is -1.31. The highest BCUT2D eigenvalue weighted by Crippen LogP contribution is 2.39. The maximum absolute atomic E-state index is 11.1. The molecule has 2 nitrogen and oxygen atoms in total. The first kappa shape index (κ1) is 13.7. The van der Waals surface area contributed by atoms with Crippen LogP contribution in [0.15, 0.2) is 18.2 Å². The molecule has 1 fully saturated rings. The number of aliphatic carboxylic acids is 1. The minimum atomic E-state index is -0.730. The third kappa shape index (κ3) is 2.61. The van der Waals surface area contributed by atoms with Crippen molar-refractivity contribution in [3.05, 3.63) is 34.9 Å². The van der Waals surface area contributed by atoms with Gasteiger partial charge in [0.2, 0.25) is 0 Å². The molecule has 0 radical (unpaired) electrons. The average molecular weight is 272 g/mol. The Morgan fingerprint density at radius 2 is 1.80 bits per heavy atom. The van der Waals surface area contributed by atoms with E-state index in [1.165, 1.54) is 56.1 Å². The lowest BCUT2D eigenvalue weighted by Crippen LogP contribution is -2.18. The molecule has 0 aliphatic heterocycles. The van der Waals surface area contributed by atoms with Gasteiger partial charge in [0, 0.05) is 0 Å². The smallest absolute Gasteiger partial charge is 0.310 e. The first-order chi connectivity index (χ1) is 9.65. The molecule has 0 heterocycles. The van der Waals surface area contributed by atoms with Gasteiger partial charge in [-0.15, -0.1) is 0 Å². The zero-order chi connectivity index (χ0) is 14.1. The van der Waals surface area contributed by atoms with E-state index >= 15 is 0 Å². The van der Waals surface area contributed by atoms with Crippen molar-refractivity contribution in [2.75, 3.05) is 0 Å². The summed E-state index contributed by atoms with van der Waals surface area (Å²) in [4.78, 5) is 11.1. The molecule has 0 unspecified atom stereocenters. The fourth-order valence-electron chi connectivity index (χ4n) is 4.02. The number of hydrogen-bond donors (Lipinski definition) is 1. The van der Waals surface area contributed by atoms with Gasteiger partial charge >= 0.3 is 5.97 Å². The second-order valence-corrected chi connectivity index (χ2v) is 6.65. The predicted octanol–water partition coefficient (Wildman–Crippen LogP) is 4.17. The number of fused-ring (bicyclic) bond motifs is 1. The van der Waals surface area contributed by atoms with Gasteiger partial charge in [0.1, 0.15) is 0 Å². The van der Waals surface area contributed by atoms with Crippen molar-refractivity contribution < 1.29 is 9.90 Å². The van der Waals surface area contributed by atoms with Gasteiger partial charge in [-0.05, 0) is 48.3 Å². The van der Waals surface area contributed by atoms with E-state index in [-0.39, 0.29) is 0 Å². The molecule has 0 bridgehead atoms. The molecule has 2 atom stereocenters. The average Bonchev–Trinajstić information content (AvgIpc) is 2.90. The number of rotatable bonds is 3. The second-order valence-electron chi connectivity index (χ2n) is 6.65. The van der Waals surface area contributed by atoms with Crippen molar-refractivity contribution >= 4 is 5.97 Å². The zero-order valence-corrected chi connectivity index (χ0v) is 12.3. The van der Waals surface area contributed by atoms with Gasteiger partial charge in [-0.3, -0.25) is 4.79 Å². The molecule has 2 aliphatic carbocycles. The van der Waals surface area contributed by atoms with Gasteiger partial charge in [-0.2, -0.15) is 0 Å². The molecular weight excluding hydrogens is 248 g/mol. The molecule has 1 saturated carbocycles. The molecule has 1 aromatic carbocycles. The Morgan fingerprint density at radius 3 is 2.50 bits per heavy atom. The van der Waals surface area contributed by atoms with Crippen LogP contribution in [-0.2, 0) is 17.6 Å². The van der Waals surface area contributed by atoms with Crippen LogP contribution in [0.4, 0.5) is 0 Å².